The molecule has 1 aromatic heterocycles. The maximum absolute atomic E-state index is 11.8. The first-order chi connectivity index (χ1) is 12.2. The minimum atomic E-state index is -0.236. The van der Waals surface area contributed by atoms with Crippen LogP contribution in [0.1, 0.15) is 34.8 Å². The Morgan fingerprint density at radius 3 is 3.04 bits per heavy atom. The standard InChI is InChI=1S/C19H18ClN3O2/c1-2-9-21-19(24)13-5-8-18(22-12-13)23-16-4-3-10-25-17-11-14(20)6-7-15(16)17/h1,5-8,11-12,16H,3-4,9-10H2,(H,21,24)(H,22,23). The largest absolute Gasteiger partial charge is 0.493 e. The Morgan fingerprint density at radius 1 is 1.40 bits per heavy atom. The van der Waals surface area contributed by atoms with Gasteiger partial charge in [0.15, 0.2) is 0 Å². The summed E-state index contributed by atoms with van der Waals surface area (Å²) in [4.78, 5) is 16.2. The number of hydrogen-bond donors (Lipinski definition) is 2. The molecule has 0 spiro atoms. The molecule has 2 aromatic rings. The molecule has 128 valence electrons. The van der Waals surface area contributed by atoms with E-state index in [2.05, 4.69) is 21.5 Å². The average molecular weight is 356 g/mol. The molecule has 1 aromatic carbocycles. The maximum Gasteiger partial charge on any atom is 0.253 e. The summed E-state index contributed by atoms with van der Waals surface area (Å²) in [6, 6.07) is 9.24. The quantitative estimate of drug-likeness (QED) is 0.825. The van der Waals surface area contributed by atoms with Crippen molar-refractivity contribution in [2.75, 3.05) is 18.5 Å². The molecule has 0 radical (unpaired) electrons. The van der Waals surface area contributed by atoms with E-state index in [0.29, 0.717) is 23.0 Å². The molecule has 2 N–H and O–H groups in total. The van der Waals surface area contributed by atoms with Crippen molar-refractivity contribution in [3.63, 3.8) is 0 Å². The highest BCUT2D eigenvalue weighted by molar-refractivity contribution is 6.30. The summed E-state index contributed by atoms with van der Waals surface area (Å²) in [5, 5.41) is 6.67. The molecule has 1 aliphatic rings. The number of nitrogens with zero attached hydrogens (tertiary/aromatic N) is 1. The van der Waals surface area contributed by atoms with E-state index in [1.807, 2.05) is 18.2 Å². The Hall–Kier alpha value is -2.71. The van der Waals surface area contributed by atoms with Crippen LogP contribution >= 0.6 is 11.6 Å². The van der Waals surface area contributed by atoms with Crippen LogP contribution in [0.5, 0.6) is 5.75 Å². The van der Waals surface area contributed by atoms with Crippen molar-refractivity contribution >= 4 is 23.3 Å². The molecule has 6 heteroatoms. The fraction of sp³-hybridized carbons (Fsp3) is 0.263. The van der Waals surface area contributed by atoms with Crippen molar-refractivity contribution in [1.29, 1.82) is 0 Å². The monoisotopic (exact) mass is 355 g/mol. The highest BCUT2D eigenvalue weighted by Gasteiger charge is 2.20. The molecule has 0 aliphatic carbocycles. The van der Waals surface area contributed by atoms with Crippen molar-refractivity contribution in [3.05, 3.63) is 52.7 Å². The van der Waals surface area contributed by atoms with E-state index < -0.39 is 0 Å². The summed E-state index contributed by atoms with van der Waals surface area (Å²) in [5.74, 6) is 3.63. The predicted molar refractivity (Wildman–Crippen MR) is 97.9 cm³/mol. The van der Waals surface area contributed by atoms with E-state index >= 15 is 0 Å². The van der Waals surface area contributed by atoms with Crippen LogP contribution in [0.15, 0.2) is 36.5 Å². The zero-order valence-corrected chi connectivity index (χ0v) is 14.3. The molecule has 0 bridgehead atoms. The molecular formula is C19H18ClN3O2. The van der Waals surface area contributed by atoms with Crippen LogP contribution in [0.2, 0.25) is 5.02 Å². The van der Waals surface area contributed by atoms with Crippen LogP contribution in [-0.2, 0) is 0 Å². The van der Waals surface area contributed by atoms with E-state index in [9.17, 15) is 4.79 Å². The molecule has 1 atom stereocenters. The number of benzene rings is 1. The zero-order chi connectivity index (χ0) is 17.6. The highest BCUT2D eigenvalue weighted by Crippen LogP contribution is 2.35. The van der Waals surface area contributed by atoms with Crippen LogP contribution in [0, 0.1) is 12.3 Å². The van der Waals surface area contributed by atoms with Gasteiger partial charge in [-0.05, 0) is 37.1 Å². The predicted octanol–water partition coefficient (Wildman–Crippen LogP) is 3.42. The molecule has 3 rings (SSSR count). The van der Waals surface area contributed by atoms with Gasteiger partial charge >= 0.3 is 0 Å². The van der Waals surface area contributed by atoms with Crippen LogP contribution < -0.4 is 15.4 Å². The molecule has 0 saturated heterocycles. The number of fused-ring (bicyclic) bond motifs is 1. The van der Waals surface area contributed by atoms with Gasteiger partial charge in [0.05, 0.1) is 24.8 Å². The third-order valence-corrected chi connectivity index (χ3v) is 4.18. The minimum Gasteiger partial charge on any atom is -0.493 e. The lowest BCUT2D eigenvalue weighted by atomic mass is 10.0. The molecular weight excluding hydrogens is 338 g/mol. The van der Waals surface area contributed by atoms with E-state index in [-0.39, 0.29) is 18.5 Å². The molecule has 0 fully saturated rings. The fourth-order valence-corrected chi connectivity index (χ4v) is 2.88. The van der Waals surface area contributed by atoms with Crippen molar-refractivity contribution in [1.82, 2.24) is 10.3 Å². The van der Waals surface area contributed by atoms with E-state index in [4.69, 9.17) is 22.8 Å². The van der Waals surface area contributed by atoms with Crippen LogP contribution in [-0.4, -0.2) is 24.0 Å². The molecule has 1 amide bonds. The van der Waals surface area contributed by atoms with Gasteiger partial charge in [-0.25, -0.2) is 4.98 Å². The normalized spacial score (nSPS) is 15.9. The lowest BCUT2D eigenvalue weighted by molar-refractivity contribution is 0.0958. The van der Waals surface area contributed by atoms with Gasteiger partial charge in [0.2, 0.25) is 0 Å². The summed E-state index contributed by atoms with van der Waals surface area (Å²) in [6.45, 7) is 0.855. The number of ether oxygens (including phenoxy) is 1. The van der Waals surface area contributed by atoms with Gasteiger partial charge in [-0.1, -0.05) is 23.6 Å². The minimum absolute atomic E-state index is 0.0726. The summed E-state index contributed by atoms with van der Waals surface area (Å²) in [6.07, 6.45) is 8.51. The van der Waals surface area contributed by atoms with Crippen molar-refractivity contribution in [3.8, 4) is 18.1 Å². The number of rotatable bonds is 4. The van der Waals surface area contributed by atoms with Crippen LogP contribution in [0.4, 0.5) is 5.82 Å². The molecule has 1 aliphatic heterocycles. The van der Waals surface area contributed by atoms with E-state index in [1.165, 1.54) is 6.20 Å². The molecule has 5 nitrogen and oxygen atoms in total. The number of carbonyl (C=O) groups is 1. The Balaban J connectivity index is 1.74. The third kappa shape index (κ3) is 4.23. The summed E-state index contributed by atoms with van der Waals surface area (Å²) in [5.41, 5.74) is 1.52. The van der Waals surface area contributed by atoms with E-state index in [0.717, 1.165) is 24.2 Å². The molecule has 25 heavy (non-hydrogen) atoms. The zero-order valence-electron chi connectivity index (χ0n) is 13.6. The second-order valence-corrected chi connectivity index (χ2v) is 6.13. The molecule has 0 saturated carbocycles. The van der Waals surface area contributed by atoms with Crippen molar-refractivity contribution in [2.24, 2.45) is 0 Å². The Morgan fingerprint density at radius 2 is 2.28 bits per heavy atom. The number of nitrogens with one attached hydrogen (secondary N) is 2. The number of hydrogen-bond acceptors (Lipinski definition) is 4. The first-order valence-electron chi connectivity index (χ1n) is 8.04. The number of terminal acetylenes is 1. The van der Waals surface area contributed by atoms with Crippen LogP contribution in [0.25, 0.3) is 0 Å². The van der Waals surface area contributed by atoms with Gasteiger partial charge in [-0.3, -0.25) is 4.79 Å². The highest BCUT2D eigenvalue weighted by atomic mass is 35.5. The van der Waals surface area contributed by atoms with Gasteiger partial charge in [-0.15, -0.1) is 6.42 Å². The summed E-state index contributed by atoms with van der Waals surface area (Å²) < 4.78 is 5.77. The Labute approximate surface area is 151 Å². The fourth-order valence-electron chi connectivity index (χ4n) is 2.72. The SMILES string of the molecule is C#CCNC(=O)c1ccc(NC2CCCOc3cc(Cl)ccc32)nc1. The van der Waals surface area contributed by atoms with E-state index in [1.54, 1.807) is 12.1 Å². The van der Waals surface area contributed by atoms with Gasteiger partial charge in [0.25, 0.3) is 5.91 Å². The van der Waals surface area contributed by atoms with Crippen LogP contribution in [0.3, 0.4) is 0 Å². The second-order valence-electron chi connectivity index (χ2n) is 5.69. The first kappa shape index (κ1) is 17.1. The van der Waals surface area contributed by atoms with Crippen molar-refractivity contribution < 1.29 is 9.53 Å². The number of halogens is 1. The summed E-state index contributed by atoms with van der Waals surface area (Å²) >= 11 is 6.06. The average Bonchev–Trinajstić information content (AvgIpc) is 2.82. The molecule has 2 heterocycles. The first-order valence-corrected chi connectivity index (χ1v) is 8.41. The Bertz CT molecular complexity index is 799. The van der Waals surface area contributed by atoms with Gasteiger partial charge in [-0.2, -0.15) is 0 Å². The summed E-state index contributed by atoms with van der Waals surface area (Å²) in [7, 11) is 0. The maximum atomic E-state index is 11.8. The molecule has 1 unspecified atom stereocenters. The number of carbonyl (C=O) groups excluding carboxylic acids is 1. The van der Waals surface area contributed by atoms with Gasteiger partial charge in [0.1, 0.15) is 11.6 Å². The topological polar surface area (TPSA) is 63.2 Å². The lowest BCUT2D eigenvalue weighted by Crippen LogP contribution is -2.23. The van der Waals surface area contributed by atoms with Crippen molar-refractivity contribution in [2.45, 2.75) is 18.9 Å². The number of amides is 1. The Kier molecular flexibility index (Phi) is 5.42. The smallest absolute Gasteiger partial charge is 0.253 e. The third-order valence-electron chi connectivity index (χ3n) is 3.94. The number of pyridine rings is 1. The van der Waals surface area contributed by atoms with Gasteiger partial charge < -0.3 is 15.4 Å². The number of anilines is 1. The second kappa shape index (κ2) is 7.91. The van der Waals surface area contributed by atoms with Gasteiger partial charge in [0, 0.05) is 16.8 Å². The lowest BCUT2D eigenvalue weighted by Gasteiger charge is -2.19. The number of aromatic nitrogens is 1.